The first kappa shape index (κ1) is 16.1. The van der Waals surface area contributed by atoms with E-state index in [1.807, 2.05) is 42.6 Å². The summed E-state index contributed by atoms with van der Waals surface area (Å²) >= 11 is 6.38. The lowest BCUT2D eigenvalue weighted by Gasteiger charge is -2.33. The van der Waals surface area contributed by atoms with Gasteiger partial charge in [0.1, 0.15) is 17.9 Å². The first-order chi connectivity index (χ1) is 12.2. The van der Waals surface area contributed by atoms with Crippen LogP contribution in [0.3, 0.4) is 0 Å². The van der Waals surface area contributed by atoms with Gasteiger partial charge < -0.3 is 14.9 Å². The predicted octanol–water partition coefficient (Wildman–Crippen LogP) is 1.89. The van der Waals surface area contributed by atoms with Crippen LogP contribution in [0.2, 0.25) is 5.02 Å². The standard InChI is InChI=1S/C19H19ClN4O/c20-16-12-14(19(25)18-15(16)4-3-7-22-18)13-23-8-10-24(11-9-23)17-5-1-2-6-21-17/h1-7,12,25H,8-11,13H2/p+1. The van der Waals surface area contributed by atoms with E-state index in [0.717, 1.165) is 49.5 Å². The van der Waals surface area contributed by atoms with Gasteiger partial charge in [-0.05, 0) is 30.3 Å². The number of pyridine rings is 2. The number of anilines is 1. The van der Waals surface area contributed by atoms with Gasteiger partial charge in [-0.15, -0.1) is 0 Å². The highest BCUT2D eigenvalue weighted by Gasteiger charge is 2.23. The number of aromatic hydroxyl groups is 1. The molecule has 1 aliphatic rings. The van der Waals surface area contributed by atoms with Crippen molar-refractivity contribution in [2.45, 2.75) is 6.54 Å². The molecule has 1 aliphatic heterocycles. The van der Waals surface area contributed by atoms with Crippen LogP contribution in [-0.4, -0.2) is 41.3 Å². The molecule has 0 amide bonds. The number of nitrogens with zero attached hydrogens (tertiary/aromatic N) is 3. The van der Waals surface area contributed by atoms with Crippen molar-refractivity contribution in [3.8, 4) is 5.75 Å². The lowest BCUT2D eigenvalue weighted by Crippen LogP contribution is -3.13. The minimum atomic E-state index is 0.250. The lowest BCUT2D eigenvalue weighted by molar-refractivity contribution is -0.914. The maximum absolute atomic E-state index is 10.6. The number of phenolic OH excluding ortho intramolecular Hbond substituents is 1. The fraction of sp³-hybridized carbons (Fsp3) is 0.263. The van der Waals surface area contributed by atoms with E-state index < -0.39 is 0 Å². The molecule has 0 aliphatic carbocycles. The number of hydrogen-bond acceptors (Lipinski definition) is 4. The summed E-state index contributed by atoms with van der Waals surface area (Å²) < 4.78 is 0. The number of quaternary nitrogens is 1. The summed E-state index contributed by atoms with van der Waals surface area (Å²) in [6.07, 6.45) is 3.51. The van der Waals surface area contributed by atoms with Gasteiger partial charge in [0.25, 0.3) is 0 Å². The van der Waals surface area contributed by atoms with Gasteiger partial charge >= 0.3 is 0 Å². The maximum atomic E-state index is 10.6. The average molecular weight is 356 g/mol. The zero-order valence-electron chi connectivity index (χ0n) is 13.8. The van der Waals surface area contributed by atoms with Gasteiger partial charge in [0.15, 0.2) is 5.75 Å². The van der Waals surface area contributed by atoms with Gasteiger partial charge in [0.05, 0.1) is 36.8 Å². The Morgan fingerprint density at radius 2 is 1.88 bits per heavy atom. The second-order valence-electron chi connectivity index (χ2n) is 6.37. The number of aromatic nitrogens is 2. The third kappa shape index (κ3) is 3.25. The van der Waals surface area contributed by atoms with Gasteiger partial charge in [-0.25, -0.2) is 4.98 Å². The number of phenols is 1. The molecule has 2 N–H and O–H groups in total. The average Bonchev–Trinajstić information content (AvgIpc) is 2.67. The van der Waals surface area contributed by atoms with Gasteiger partial charge in [-0.2, -0.15) is 0 Å². The Morgan fingerprint density at radius 1 is 1.08 bits per heavy atom. The second-order valence-corrected chi connectivity index (χ2v) is 6.77. The van der Waals surface area contributed by atoms with Crippen molar-refractivity contribution in [2.24, 2.45) is 0 Å². The third-order valence-electron chi connectivity index (χ3n) is 4.78. The number of fused-ring (bicyclic) bond motifs is 1. The minimum absolute atomic E-state index is 0.250. The molecular formula is C19H20ClN4O+. The van der Waals surface area contributed by atoms with E-state index in [2.05, 4.69) is 14.9 Å². The molecule has 2 aromatic heterocycles. The van der Waals surface area contributed by atoms with Gasteiger partial charge in [-0.1, -0.05) is 17.7 Å². The summed E-state index contributed by atoms with van der Waals surface area (Å²) in [4.78, 5) is 12.4. The number of nitrogens with one attached hydrogen (secondary N) is 1. The molecule has 0 saturated carbocycles. The highest BCUT2D eigenvalue weighted by Crippen LogP contribution is 2.32. The highest BCUT2D eigenvalue weighted by atomic mass is 35.5. The molecule has 0 unspecified atom stereocenters. The highest BCUT2D eigenvalue weighted by molar-refractivity contribution is 6.35. The largest absolute Gasteiger partial charge is 0.505 e. The molecule has 0 atom stereocenters. The van der Waals surface area contributed by atoms with Crippen LogP contribution in [0.4, 0.5) is 5.82 Å². The van der Waals surface area contributed by atoms with Crippen LogP contribution in [0, 0.1) is 0 Å². The van der Waals surface area contributed by atoms with Crippen LogP contribution in [0.15, 0.2) is 48.8 Å². The van der Waals surface area contributed by atoms with E-state index in [-0.39, 0.29) is 5.75 Å². The van der Waals surface area contributed by atoms with Crippen molar-refractivity contribution >= 4 is 28.3 Å². The molecule has 3 aromatic rings. The zero-order valence-corrected chi connectivity index (χ0v) is 14.6. The Hall–Kier alpha value is -2.37. The Morgan fingerprint density at radius 3 is 2.64 bits per heavy atom. The molecule has 3 heterocycles. The SMILES string of the molecule is Oc1c(C[NH+]2CCN(c3ccccn3)CC2)cc(Cl)c2cccnc12. The number of halogens is 1. The number of piperazine rings is 1. The molecule has 5 nitrogen and oxygen atoms in total. The van der Waals surface area contributed by atoms with Crippen LogP contribution < -0.4 is 9.80 Å². The normalized spacial score (nSPS) is 15.6. The van der Waals surface area contributed by atoms with Gasteiger partial charge in [-0.3, -0.25) is 4.98 Å². The summed E-state index contributed by atoms with van der Waals surface area (Å²) in [6.45, 7) is 4.63. The topological polar surface area (TPSA) is 53.7 Å². The van der Waals surface area contributed by atoms with E-state index in [4.69, 9.17) is 11.6 Å². The first-order valence-electron chi connectivity index (χ1n) is 8.47. The number of hydrogen-bond donors (Lipinski definition) is 2. The molecule has 0 spiro atoms. The van der Waals surface area contributed by atoms with Gasteiger partial charge in [0.2, 0.25) is 0 Å². The van der Waals surface area contributed by atoms with E-state index >= 15 is 0 Å². The molecule has 0 bridgehead atoms. The summed E-state index contributed by atoms with van der Waals surface area (Å²) in [5, 5.41) is 12.0. The molecule has 1 fully saturated rings. The molecule has 25 heavy (non-hydrogen) atoms. The number of rotatable bonds is 3. The van der Waals surface area contributed by atoms with E-state index in [9.17, 15) is 5.11 Å². The minimum Gasteiger partial charge on any atom is -0.505 e. The van der Waals surface area contributed by atoms with Gasteiger partial charge in [0, 0.05) is 17.8 Å². The Kier molecular flexibility index (Phi) is 4.42. The van der Waals surface area contributed by atoms with Crippen molar-refractivity contribution in [3.05, 3.63) is 59.4 Å². The van der Waals surface area contributed by atoms with E-state index in [1.54, 1.807) is 6.20 Å². The summed E-state index contributed by atoms with van der Waals surface area (Å²) in [5.41, 5.74) is 1.44. The van der Waals surface area contributed by atoms with Crippen LogP contribution in [0.1, 0.15) is 5.56 Å². The van der Waals surface area contributed by atoms with Crippen molar-refractivity contribution < 1.29 is 10.0 Å². The molecule has 6 heteroatoms. The van der Waals surface area contributed by atoms with Crippen LogP contribution in [0.25, 0.3) is 10.9 Å². The fourth-order valence-corrected chi connectivity index (χ4v) is 3.70. The zero-order chi connectivity index (χ0) is 17.2. The van der Waals surface area contributed by atoms with E-state index in [0.29, 0.717) is 10.5 Å². The monoisotopic (exact) mass is 355 g/mol. The maximum Gasteiger partial charge on any atom is 0.150 e. The molecule has 1 saturated heterocycles. The molecule has 0 radical (unpaired) electrons. The Balaban J connectivity index is 1.49. The first-order valence-corrected chi connectivity index (χ1v) is 8.85. The molecule has 128 valence electrons. The van der Waals surface area contributed by atoms with Crippen LogP contribution in [0.5, 0.6) is 5.75 Å². The van der Waals surface area contributed by atoms with Crippen molar-refractivity contribution in [1.29, 1.82) is 0 Å². The Labute approximate surface area is 151 Å². The van der Waals surface area contributed by atoms with Crippen molar-refractivity contribution in [3.63, 3.8) is 0 Å². The van der Waals surface area contributed by atoms with Crippen LogP contribution in [-0.2, 0) is 6.54 Å². The molecule has 4 rings (SSSR count). The van der Waals surface area contributed by atoms with Crippen LogP contribution >= 0.6 is 11.6 Å². The van der Waals surface area contributed by atoms with Crippen molar-refractivity contribution in [1.82, 2.24) is 9.97 Å². The van der Waals surface area contributed by atoms with Crippen molar-refractivity contribution in [2.75, 3.05) is 31.1 Å². The third-order valence-corrected chi connectivity index (χ3v) is 5.09. The van der Waals surface area contributed by atoms with E-state index in [1.165, 1.54) is 4.90 Å². The fourth-order valence-electron chi connectivity index (χ4n) is 3.41. The second kappa shape index (κ2) is 6.86. The summed E-state index contributed by atoms with van der Waals surface area (Å²) in [7, 11) is 0. The summed E-state index contributed by atoms with van der Waals surface area (Å²) in [5.74, 6) is 1.28. The lowest BCUT2D eigenvalue weighted by atomic mass is 10.1. The Bertz CT molecular complexity index is 879. The quantitative estimate of drug-likeness (QED) is 0.753. The molecular weight excluding hydrogens is 336 g/mol. The predicted molar refractivity (Wildman–Crippen MR) is 99.3 cm³/mol. The smallest absolute Gasteiger partial charge is 0.150 e. The molecule has 1 aromatic carbocycles. The number of benzene rings is 1. The summed E-state index contributed by atoms with van der Waals surface area (Å²) in [6, 6.07) is 11.6.